The Labute approximate surface area is 125 Å². The van der Waals surface area contributed by atoms with Gasteiger partial charge in [0, 0.05) is 5.57 Å². The number of ketones is 1. The van der Waals surface area contributed by atoms with Crippen molar-refractivity contribution in [1.82, 2.24) is 0 Å². The summed E-state index contributed by atoms with van der Waals surface area (Å²) in [6, 6.07) is 6.85. The Bertz CT molecular complexity index is 625. The van der Waals surface area contributed by atoms with Crippen molar-refractivity contribution in [1.29, 1.82) is 0 Å². The van der Waals surface area contributed by atoms with Gasteiger partial charge in [0.05, 0.1) is 7.11 Å². The van der Waals surface area contributed by atoms with E-state index < -0.39 is 23.3 Å². The molecule has 2 rings (SSSR count). The predicted molar refractivity (Wildman–Crippen MR) is 75.5 cm³/mol. The van der Waals surface area contributed by atoms with Crippen LogP contribution in [0.5, 0.6) is 5.75 Å². The predicted octanol–water partition coefficient (Wildman–Crippen LogP) is 4.21. The van der Waals surface area contributed by atoms with Crippen molar-refractivity contribution in [3.8, 4) is 5.75 Å². The van der Waals surface area contributed by atoms with E-state index in [0.717, 1.165) is 0 Å². The van der Waals surface area contributed by atoms with Crippen molar-refractivity contribution < 1.29 is 27.8 Å². The zero-order chi connectivity index (χ0) is 16.3. The van der Waals surface area contributed by atoms with Gasteiger partial charge in [-0.25, -0.2) is 0 Å². The Hall–Kier alpha value is -2.24. The van der Waals surface area contributed by atoms with Crippen LogP contribution in [0.4, 0.5) is 13.2 Å². The molecule has 6 heteroatoms. The largest absolute Gasteiger partial charge is 0.507 e. The van der Waals surface area contributed by atoms with Gasteiger partial charge in [-0.05, 0) is 48.6 Å². The molecule has 0 atom stereocenters. The fraction of sp³-hybridized carbons (Fsp3) is 0.312. The number of benzene rings is 1. The maximum Gasteiger partial charge on any atom is 0.454 e. The summed E-state index contributed by atoms with van der Waals surface area (Å²) in [5, 5.41) is 9.99. The van der Waals surface area contributed by atoms with Crippen molar-refractivity contribution >= 4 is 11.9 Å². The summed E-state index contributed by atoms with van der Waals surface area (Å²) in [5.41, 5.74) is 0.491. The number of allylic oxidation sites excluding steroid dienone is 2. The molecule has 0 spiro atoms. The highest BCUT2D eigenvalue weighted by atomic mass is 19.4. The van der Waals surface area contributed by atoms with E-state index >= 15 is 0 Å². The van der Waals surface area contributed by atoms with Gasteiger partial charge >= 0.3 is 6.18 Å². The number of rotatable bonds is 3. The zero-order valence-electron chi connectivity index (χ0n) is 11.9. The van der Waals surface area contributed by atoms with Crippen LogP contribution in [0.3, 0.4) is 0 Å². The molecule has 1 N–H and O–H groups in total. The minimum atomic E-state index is -4.97. The Morgan fingerprint density at radius 2 is 1.86 bits per heavy atom. The average Bonchev–Trinajstić information content (AvgIpc) is 2.48. The van der Waals surface area contributed by atoms with Crippen LogP contribution in [0.25, 0.3) is 6.08 Å². The number of methoxy groups -OCH3 is 1. The average molecular weight is 312 g/mol. The summed E-state index contributed by atoms with van der Waals surface area (Å²) in [4.78, 5) is 11.3. The van der Waals surface area contributed by atoms with E-state index in [2.05, 4.69) is 0 Å². The van der Waals surface area contributed by atoms with Gasteiger partial charge in [-0.3, -0.25) is 4.79 Å². The third-order valence-corrected chi connectivity index (χ3v) is 3.45. The molecule has 0 amide bonds. The molecule has 0 saturated heterocycles. The summed E-state index contributed by atoms with van der Waals surface area (Å²) >= 11 is 0. The lowest BCUT2D eigenvalue weighted by atomic mass is 9.89. The lowest BCUT2D eigenvalue weighted by Gasteiger charge is -2.19. The first-order valence-electron chi connectivity index (χ1n) is 6.71. The number of carbonyl (C=O) groups is 1. The van der Waals surface area contributed by atoms with Crippen molar-refractivity contribution in [3.05, 3.63) is 46.7 Å². The Morgan fingerprint density at radius 3 is 2.41 bits per heavy atom. The normalized spacial score (nSPS) is 17.7. The van der Waals surface area contributed by atoms with Gasteiger partial charge in [0.25, 0.3) is 5.78 Å². The number of hydrogen-bond donors (Lipinski definition) is 1. The lowest BCUT2D eigenvalue weighted by Crippen LogP contribution is -2.27. The molecule has 3 nitrogen and oxygen atoms in total. The first-order valence-corrected chi connectivity index (χ1v) is 6.71. The molecule has 0 radical (unpaired) electrons. The van der Waals surface area contributed by atoms with E-state index in [9.17, 15) is 23.1 Å². The summed E-state index contributed by atoms with van der Waals surface area (Å²) < 4.78 is 42.6. The number of Topliss-reactive ketones (excluding diaryl/α,β-unsaturated/α-hetero) is 1. The van der Waals surface area contributed by atoms with Crippen molar-refractivity contribution in [3.63, 3.8) is 0 Å². The van der Waals surface area contributed by atoms with E-state index in [0.29, 0.717) is 29.7 Å². The maximum absolute atomic E-state index is 12.5. The number of aliphatic hydroxyl groups is 1. The highest BCUT2D eigenvalue weighted by Gasteiger charge is 2.42. The molecule has 0 fully saturated rings. The molecule has 1 aromatic carbocycles. The standard InChI is InChI=1S/C16H15F3O3/c1-22-12-7-5-10(6-8-12)9-11-3-2-4-13(14(11)20)15(21)16(17,18)19/h5-9,20H,2-4H2,1H3/b11-9+. The van der Waals surface area contributed by atoms with Crippen LogP contribution in [0.2, 0.25) is 0 Å². The summed E-state index contributed by atoms with van der Waals surface area (Å²) in [6.07, 6.45) is -2.64. The zero-order valence-corrected chi connectivity index (χ0v) is 11.9. The minimum absolute atomic E-state index is 0.0653. The molecule has 0 aromatic heterocycles. The molecule has 1 aliphatic carbocycles. The van der Waals surface area contributed by atoms with Gasteiger partial charge in [0.1, 0.15) is 11.5 Å². The monoisotopic (exact) mass is 312 g/mol. The highest BCUT2D eigenvalue weighted by molar-refractivity contribution is 6.00. The first-order chi connectivity index (χ1) is 10.3. The van der Waals surface area contributed by atoms with E-state index in [1.54, 1.807) is 30.3 Å². The molecular weight excluding hydrogens is 297 g/mol. The van der Waals surface area contributed by atoms with Crippen LogP contribution in [0, 0.1) is 0 Å². The molecule has 22 heavy (non-hydrogen) atoms. The quantitative estimate of drug-likeness (QED) is 0.909. The van der Waals surface area contributed by atoms with E-state index in [4.69, 9.17) is 4.74 Å². The Balaban J connectivity index is 2.34. The third kappa shape index (κ3) is 3.50. The number of halogens is 3. The molecule has 0 saturated carbocycles. The van der Waals surface area contributed by atoms with Crippen LogP contribution >= 0.6 is 0 Å². The number of ether oxygens (including phenoxy) is 1. The van der Waals surface area contributed by atoms with Gasteiger partial charge in [0.2, 0.25) is 0 Å². The minimum Gasteiger partial charge on any atom is -0.507 e. The fourth-order valence-corrected chi connectivity index (χ4v) is 2.32. The van der Waals surface area contributed by atoms with Crippen LogP contribution in [-0.2, 0) is 4.79 Å². The van der Waals surface area contributed by atoms with Crippen molar-refractivity contribution in [2.75, 3.05) is 7.11 Å². The van der Waals surface area contributed by atoms with Crippen LogP contribution in [0.15, 0.2) is 41.2 Å². The van der Waals surface area contributed by atoms with Crippen molar-refractivity contribution in [2.45, 2.75) is 25.4 Å². The van der Waals surface area contributed by atoms with Gasteiger partial charge in [-0.15, -0.1) is 0 Å². The number of carbonyl (C=O) groups excluding carboxylic acids is 1. The van der Waals surface area contributed by atoms with E-state index in [-0.39, 0.29) is 6.42 Å². The van der Waals surface area contributed by atoms with Crippen LogP contribution in [0.1, 0.15) is 24.8 Å². The van der Waals surface area contributed by atoms with Crippen molar-refractivity contribution in [2.24, 2.45) is 0 Å². The maximum atomic E-state index is 12.5. The third-order valence-electron chi connectivity index (χ3n) is 3.45. The fourth-order valence-electron chi connectivity index (χ4n) is 2.32. The number of hydrogen-bond acceptors (Lipinski definition) is 3. The molecule has 0 unspecified atom stereocenters. The Kier molecular flexibility index (Phi) is 4.59. The molecule has 0 aliphatic heterocycles. The van der Waals surface area contributed by atoms with E-state index in [1.165, 1.54) is 7.11 Å². The second-order valence-corrected chi connectivity index (χ2v) is 4.95. The first kappa shape index (κ1) is 16.1. The molecule has 118 valence electrons. The molecule has 1 aromatic rings. The second kappa shape index (κ2) is 6.25. The van der Waals surface area contributed by atoms with Gasteiger partial charge in [-0.2, -0.15) is 13.2 Å². The van der Waals surface area contributed by atoms with Gasteiger partial charge in [-0.1, -0.05) is 12.1 Å². The summed E-state index contributed by atoms with van der Waals surface area (Å²) in [6.45, 7) is 0. The van der Waals surface area contributed by atoms with Gasteiger partial charge < -0.3 is 9.84 Å². The topological polar surface area (TPSA) is 46.5 Å². The summed E-state index contributed by atoms with van der Waals surface area (Å²) in [7, 11) is 1.53. The second-order valence-electron chi connectivity index (χ2n) is 4.95. The highest BCUT2D eigenvalue weighted by Crippen LogP contribution is 2.34. The number of aliphatic hydroxyl groups excluding tert-OH is 1. The molecule has 0 heterocycles. The van der Waals surface area contributed by atoms with Gasteiger partial charge in [0.15, 0.2) is 0 Å². The smallest absolute Gasteiger partial charge is 0.454 e. The molecule has 1 aliphatic rings. The van der Waals surface area contributed by atoms with E-state index in [1.807, 2.05) is 0 Å². The number of alkyl halides is 3. The SMILES string of the molecule is COc1ccc(/C=C2\CCCC(C(=O)C(F)(F)F)=C2O)cc1. The Morgan fingerprint density at radius 1 is 1.23 bits per heavy atom. The lowest BCUT2D eigenvalue weighted by molar-refractivity contribution is -0.167. The molecular formula is C16H15F3O3. The van der Waals surface area contributed by atoms with Crippen LogP contribution < -0.4 is 4.74 Å². The molecule has 0 bridgehead atoms. The van der Waals surface area contributed by atoms with Crippen LogP contribution in [-0.4, -0.2) is 24.2 Å². The summed E-state index contributed by atoms with van der Waals surface area (Å²) in [5.74, 6) is -1.87.